The molecule has 36 heavy (non-hydrogen) atoms. The number of thiocarbonyl (C=S) groups is 1. The molecule has 3 aromatic rings. The summed E-state index contributed by atoms with van der Waals surface area (Å²) >= 11 is 11.6. The summed E-state index contributed by atoms with van der Waals surface area (Å²) < 4.78 is 11.2. The first-order valence-corrected chi connectivity index (χ1v) is 11.3. The number of ether oxygens (including phenoxy) is 2. The highest BCUT2D eigenvalue weighted by Gasteiger charge is 2.34. The van der Waals surface area contributed by atoms with Crippen molar-refractivity contribution in [3.8, 4) is 11.5 Å². The van der Waals surface area contributed by atoms with Crippen LogP contribution in [0.3, 0.4) is 0 Å². The van der Waals surface area contributed by atoms with Gasteiger partial charge < -0.3 is 9.47 Å². The Balaban J connectivity index is 1.60. The lowest BCUT2D eigenvalue weighted by Gasteiger charge is -2.28. The second kappa shape index (κ2) is 10.5. The number of non-ortho nitro benzene ring substituents is 1. The number of rotatable bonds is 7. The number of nitro benzene ring substituents is 1. The van der Waals surface area contributed by atoms with Gasteiger partial charge in [0.25, 0.3) is 17.5 Å². The highest BCUT2D eigenvalue weighted by atomic mass is 35.5. The van der Waals surface area contributed by atoms with Crippen LogP contribution in [-0.2, 0) is 16.2 Å². The van der Waals surface area contributed by atoms with E-state index in [-0.39, 0.29) is 39.5 Å². The first-order chi connectivity index (χ1) is 17.3. The number of para-hydroxylation sites is 1. The van der Waals surface area contributed by atoms with Crippen molar-refractivity contribution in [1.82, 2.24) is 5.32 Å². The molecule has 9 nitrogen and oxygen atoms in total. The maximum Gasteiger partial charge on any atom is 0.270 e. The Morgan fingerprint density at radius 2 is 1.81 bits per heavy atom. The molecule has 1 fully saturated rings. The predicted molar refractivity (Wildman–Crippen MR) is 138 cm³/mol. The summed E-state index contributed by atoms with van der Waals surface area (Å²) in [5.74, 6) is -0.698. The third-order valence-electron chi connectivity index (χ3n) is 5.21. The molecule has 0 aromatic heterocycles. The number of halogens is 1. The highest BCUT2D eigenvalue weighted by Crippen LogP contribution is 2.38. The van der Waals surface area contributed by atoms with Crippen molar-refractivity contribution in [1.29, 1.82) is 0 Å². The van der Waals surface area contributed by atoms with Crippen LogP contribution in [0.2, 0.25) is 5.02 Å². The van der Waals surface area contributed by atoms with Crippen molar-refractivity contribution >= 4 is 58.2 Å². The van der Waals surface area contributed by atoms with Gasteiger partial charge in [0.2, 0.25) is 0 Å². The summed E-state index contributed by atoms with van der Waals surface area (Å²) in [5, 5.41) is 13.5. The monoisotopic (exact) mass is 523 g/mol. The zero-order valence-corrected chi connectivity index (χ0v) is 20.3. The fourth-order valence-electron chi connectivity index (χ4n) is 3.47. The molecule has 1 saturated heterocycles. The molecule has 11 heteroatoms. The van der Waals surface area contributed by atoms with E-state index in [9.17, 15) is 19.7 Å². The third-order valence-corrected chi connectivity index (χ3v) is 5.77. The van der Waals surface area contributed by atoms with Crippen LogP contribution in [0, 0.1) is 10.1 Å². The van der Waals surface area contributed by atoms with Crippen molar-refractivity contribution in [2.75, 3.05) is 12.0 Å². The van der Waals surface area contributed by atoms with Gasteiger partial charge in [-0.05, 0) is 65.8 Å². The number of benzene rings is 3. The van der Waals surface area contributed by atoms with E-state index < -0.39 is 16.7 Å². The van der Waals surface area contributed by atoms with Crippen molar-refractivity contribution in [3.63, 3.8) is 0 Å². The summed E-state index contributed by atoms with van der Waals surface area (Å²) in [6.45, 7) is 0.0822. The Hall–Kier alpha value is -4.28. The minimum Gasteiger partial charge on any atom is -0.493 e. The van der Waals surface area contributed by atoms with Gasteiger partial charge in [-0.15, -0.1) is 0 Å². The van der Waals surface area contributed by atoms with Crippen LogP contribution in [0.15, 0.2) is 72.3 Å². The van der Waals surface area contributed by atoms with Crippen LogP contribution < -0.4 is 19.7 Å². The van der Waals surface area contributed by atoms with E-state index in [1.165, 1.54) is 36.3 Å². The van der Waals surface area contributed by atoms with Crippen LogP contribution in [0.25, 0.3) is 6.08 Å². The number of methoxy groups -OCH3 is 1. The molecule has 182 valence electrons. The van der Waals surface area contributed by atoms with Crippen LogP contribution in [0.5, 0.6) is 11.5 Å². The SMILES string of the molecule is COc1cc(/C=C2/C(=O)NC(=S)N(c3ccccc3)C2=O)cc(Cl)c1OCc1ccc([N+](=O)[O-])cc1. The van der Waals surface area contributed by atoms with Crippen molar-refractivity contribution < 1.29 is 24.0 Å². The van der Waals surface area contributed by atoms with Crippen LogP contribution in [-0.4, -0.2) is 29.0 Å². The number of anilines is 1. The maximum atomic E-state index is 13.2. The summed E-state index contributed by atoms with van der Waals surface area (Å²) in [4.78, 5) is 37.3. The van der Waals surface area contributed by atoms with Crippen molar-refractivity contribution in [2.45, 2.75) is 6.61 Å². The lowest BCUT2D eigenvalue weighted by molar-refractivity contribution is -0.384. The number of carbonyl (C=O) groups is 2. The molecule has 1 heterocycles. The number of nitro groups is 1. The summed E-state index contributed by atoms with van der Waals surface area (Å²) in [6, 6.07) is 17.7. The first-order valence-electron chi connectivity index (χ1n) is 10.5. The number of hydrogen-bond donors (Lipinski definition) is 1. The lowest BCUT2D eigenvalue weighted by atomic mass is 10.1. The van der Waals surface area contributed by atoms with Gasteiger partial charge in [0, 0.05) is 12.1 Å². The van der Waals surface area contributed by atoms with E-state index in [4.69, 9.17) is 33.3 Å². The molecule has 3 aromatic carbocycles. The molecule has 0 bridgehead atoms. The van der Waals surface area contributed by atoms with E-state index >= 15 is 0 Å². The Bertz CT molecular complexity index is 1390. The van der Waals surface area contributed by atoms with Gasteiger partial charge in [0.15, 0.2) is 16.6 Å². The molecule has 0 saturated carbocycles. The van der Waals surface area contributed by atoms with E-state index in [2.05, 4.69) is 5.32 Å². The topological polar surface area (TPSA) is 111 Å². The molecule has 0 spiro atoms. The van der Waals surface area contributed by atoms with E-state index in [0.717, 1.165) is 0 Å². The van der Waals surface area contributed by atoms with Gasteiger partial charge in [-0.2, -0.15) is 0 Å². The molecule has 0 unspecified atom stereocenters. The molecule has 1 aliphatic rings. The second-order valence-corrected chi connectivity index (χ2v) is 8.33. The fraction of sp³-hybridized carbons (Fsp3) is 0.0800. The maximum absolute atomic E-state index is 13.2. The van der Waals surface area contributed by atoms with E-state index in [1.54, 1.807) is 48.5 Å². The van der Waals surface area contributed by atoms with Crippen molar-refractivity contribution in [2.24, 2.45) is 0 Å². The minimum atomic E-state index is -0.634. The van der Waals surface area contributed by atoms with Crippen LogP contribution >= 0.6 is 23.8 Å². The average molecular weight is 524 g/mol. The Labute approximate surface area is 216 Å². The summed E-state index contributed by atoms with van der Waals surface area (Å²) in [7, 11) is 1.43. The molecule has 2 amide bonds. The van der Waals surface area contributed by atoms with Gasteiger partial charge >= 0.3 is 0 Å². The molecule has 0 atom stereocenters. The largest absolute Gasteiger partial charge is 0.493 e. The van der Waals surface area contributed by atoms with Gasteiger partial charge in [0.05, 0.1) is 22.7 Å². The first kappa shape index (κ1) is 24.8. The standard InChI is InChI=1S/C25H18ClN3O6S/c1-34-21-13-16(12-20(26)22(21)35-14-15-7-9-18(10-8-15)29(32)33)11-19-23(30)27-25(36)28(24(19)31)17-5-3-2-4-6-17/h2-13H,14H2,1H3,(H,27,30,36)/b19-11-. The quantitative estimate of drug-likeness (QED) is 0.157. The Kier molecular flexibility index (Phi) is 7.28. The Morgan fingerprint density at radius 1 is 1.11 bits per heavy atom. The highest BCUT2D eigenvalue weighted by molar-refractivity contribution is 7.80. The van der Waals surface area contributed by atoms with Crippen LogP contribution in [0.1, 0.15) is 11.1 Å². The molecule has 4 rings (SSSR count). The third kappa shape index (κ3) is 5.19. The molecule has 0 radical (unpaired) electrons. The zero-order chi connectivity index (χ0) is 25.8. The molecular weight excluding hydrogens is 506 g/mol. The minimum absolute atomic E-state index is 0.0149. The van der Waals surface area contributed by atoms with Gasteiger partial charge in [-0.1, -0.05) is 29.8 Å². The lowest BCUT2D eigenvalue weighted by Crippen LogP contribution is -2.54. The van der Waals surface area contributed by atoms with Gasteiger partial charge in [-0.25, -0.2) is 0 Å². The predicted octanol–water partition coefficient (Wildman–Crippen LogP) is 4.67. The molecular formula is C25H18ClN3O6S. The number of carbonyl (C=O) groups excluding carboxylic acids is 2. The summed E-state index contributed by atoms with van der Waals surface area (Å²) in [6.07, 6.45) is 1.39. The zero-order valence-electron chi connectivity index (χ0n) is 18.8. The molecule has 1 N–H and O–H groups in total. The number of nitrogens with zero attached hydrogens (tertiary/aromatic N) is 2. The number of hydrogen-bond acceptors (Lipinski definition) is 7. The summed E-state index contributed by atoms with van der Waals surface area (Å²) in [5.41, 5.74) is 1.47. The van der Waals surface area contributed by atoms with Gasteiger partial charge in [0.1, 0.15) is 12.2 Å². The molecule has 1 aliphatic heterocycles. The number of nitrogens with one attached hydrogen (secondary N) is 1. The number of amides is 2. The normalized spacial score (nSPS) is 14.6. The van der Waals surface area contributed by atoms with Crippen LogP contribution in [0.4, 0.5) is 11.4 Å². The molecule has 0 aliphatic carbocycles. The van der Waals surface area contributed by atoms with E-state index in [0.29, 0.717) is 16.8 Å². The van der Waals surface area contributed by atoms with E-state index in [1.807, 2.05) is 0 Å². The smallest absolute Gasteiger partial charge is 0.270 e. The van der Waals surface area contributed by atoms with Crippen molar-refractivity contribution in [3.05, 3.63) is 98.6 Å². The van der Waals surface area contributed by atoms with Gasteiger partial charge in [-0.3, -0.25) is 29.9 Å². The fourth-order valence-corrected chi connectivity index (χ4v) is 4.02. The second-order valence-electron chi connectivity index (χ2n) is 7.54. The average Bonchev–Trinajstić information content (AvgIpc) is 2.86. The Morgan fingerprint density at radius 3 is 2.44 bits per heavy atom.